The first-order valence-electron chi connectivity index (χ1n) is 6.82. The van der Waals surface area contributed by atoms with E-state index in [1.807, 2.05) is 0 Å². The van der Waals surface area contributed by atoms with Crippen molar-refractivity contribution in [2.24, 2.45) is 0 Å². The Bertz CT molecular complexity index is 622. The normalized spacial score (nSPS) is 11.4. The van der Waals surface area contributed by atoms with Crippen molar-refractivity contribution >= 4 is 6.09 Å². The maximum atomic E-state index is 13.7. The number of nitrogens with one attached hydrogen (secondary N) is 1. The predicted molar refractivity (Wildman–Crippen MR) is 77.1 cm³/mol. The molecule has 7 heteroatoms. The minimum Gasteiger partial charge on any atom is -0.444 e. The summed E-state index contributed by atoms with van der Waals surface area (Å²) in [6, 6.07) is 2.91. The summed E-state index contributed by atoms with van der Waals surface area (Å²) < 4.78 is 56.3. The van der Waals surface area contributed by atoms with Gasteiger partial charge in [0.05, 0.1) is 11.1 Å². The zero-order valence-electron chi connectivity index (χ0n) is 13.0. The average Bonchev–Trinajstić information content (AvgIpc) is 2.36. The van der Waals surface area contributed by atoms with Crippen LogP contribution in [0.5, 0.6) is 0 Å². The van der Waals surface area contributed by atoms with Crippen LogP contribution in [0.15, 0.2) is 18.2 Å². The van der Waals surface area contributed by atoms with E-state index in [1.165, 1.54) is 6.07 Å². The van der Waals surface area contributed by atoms with Gasteiger partial charge in [0.2, 0.25) is 0 Å². The molecule has 0 atom stereocenters. The lowest BCUT2D eigenvalue weighted by Crippen LogP contribution is -2.32. The van der Waals surface area contributed by atoms with Gasteiger partial charge in [0.15, 0.2) is 5.82 Å². The van der Waals surface area contributed by atoms with Crippen LogP contribution in [0.2, 0.25) is 0 Å². The van der Waals surface area contributed by atoms with E-state index in [-0.39, 0.29) is 18.5 Å². The van der Waals surface area contributed by atoms with E-state index in [4.69, 9.17) is 4.74 Å². The van der Waals surface area contributed by atoms with E-state index in [0.717, 1.165) is 6.07 Å². The number of ether oxygens (including phenoxy) is 1. The van der Waals surface area contributed by atoms with Crippen LogP contribution in [0.4, 0.5) is 22.4 Å². The number of benzene rings is 1. The monoisotopic (exact) mass is 331 g/mol. The Kier molecular flexibility index (Phi) is 6.02. The van der Waals surface area contributed by atoms with Crippen LogP contribution in [-0.4, -0.2) is 18.2 Å². The smallest absolute Gasteiger partial charge is 0.419 e. The molecule has 0 aliphatic carbocycles. The summed E-state index contributed by atoms with van der Waals surface area (Å²) >= 11 is 0. The summed E-state index contributed by atoms with van der Waals surface area (Å²) in [4.78, 5) is 11.3. The fraction of sp³-hybridized carbons (Fsp3) is 0.438. The molecule has 0 radical (unpaired) electrons. The number of amides is 1. The third-order valence-electron chi connectivity index (χ3n) is 2.45. The summed E-state index contributed by atoms with van der Waals surface area (Å²) in [5, 5.41) is 2.44. The van der Waals surface area contributed by atoms with Gasteiger partial charge >= 0.3 is 12.3 Å². The highest BCUT2D eigenvalue weighted by molar-refractivity contribution is 5.67. The lowest BCUT2D eigenvalue weighted by Gasteiger charge is -2.19. The quantitative estimate of drug-likeness (QED) is 0.503. The zero-order chi connectivity index (χ0) is 17.7. The molecule has 0 saturated carbocycles. The molecule has 0 fully saturated rings. The van der Waals surface area contributed by atoms with Crippen molar-refractivity contribution in [3.63, 3.8) is 0 Å². The average molecular weight is 331 g/mol. The summed E-state index contributed by atoms with van der Waals surface area (Å²) in [6.07, 6.45) is -5.24. The van der Waals surface area contributed by atoms with Gasteiger partial charge in [0.1, 0.15) is 5.60 Å². The number of carbonyl (C=O) groups excluding carboxylic acids is 1. The van der Waals surface area contributed by atoms with Gasteiger partial charge in [0, 0.05) is 13.0 Å². The van der Waals surface area contributed by atoms with Crippen LogP contribution < -0.4 is 5.32 Å². The molecule has 1 aromatic carbocycles. The Morgan fingerprint density at radius 3 is 2.48 bits per heavy atom. The second-order valence-electron chi connectivity index (χ2n) is 5.65. The molecule has 0 aliphatic heterocycles. The molecule has 0 aliphatic rings. The lowest BCUT2D eigenvalue weighted by molar-refractivity contribution is -0.140. The van der Waals surface area contributed by atoms with Gasteiger partial charge in [0.25, 0.3) is 0 Å². The van der Waals surface area contributed by atoms with Crippen molar-refractivity contribution in [2.45, 2.75) is 39.0 Å². The van der Waals surface area contributed by atoms with E-state index in [0.29, 0.717) is 6.07 Å². The Hall–Kier alpha value is -2.23. The number of alkyl carbamates (subject to hydrolysis) is 1. The number of hydrogen-bond acceptors (Lipinski definition) is 2. The molecule has 0 bridgehead atoms. The third kappa shape index (κ3) is 6.59. The van der Waals surface area contributed by atoms with Crippen LogP contribution in [0.1, 0.15) is 38.3 Å². The van der Waals surface area contributed by atoms with E-state index >= 15 is 0 Å². The molecular formula is C16H17F4NO2. The Balaban J connectivity index is 2.60. The van der Waals surface area contributed by atoms with E-state index in [9.17, 15) is 22.4 Å². The van der Waals surface area contributed by atoms with Gasteiger partial charge in [-0.3, -0.25) is 0 Å². The SMILES string of the molecule is CC(C)(C)OC(=O)NCCC#Cc1cccc(C(F)(F)F)c1F. The fourth-order valence-electron chi connectivity index (χ4n) is 1.55. The van der Waals surface area contributed by atoms with Crippen molar-refractivity contribution in [1.82, 2.24) is 5.32 Å². The van der Waals surface area contributed by atoms with Gasteiger partial charge < -0.3 is 10.1 Å². The lowest BCUT2D eigenvalue weighted by atomic mass is 10.1. The van der Waals surface area contributed by atoms with E-state index < -0.39 is 29.3 Å². The molecule has 126 valence electrons. The summed E-state index contributed by atoms with van der Waals surface area (Å²) in [5.74, 6) is 3.45. The molecule has 23 heavy (non-hydrogen) atoms. The maximum Gasteiger partial charge on any atom is 0.419 e. The first-order chi connectivity index (χ1) is 10.5. The number of halogens is 4. The van der Waals surface area contributed by atoms with Crippen molar-refractivity contribution in [1.29, 1.82) is 0 Å². The predicted octanol–water partition coefficient (Wildman–Crippen LogP) is 4.11. The molecule has 0 spiro atoms. The van der Waals surface area contributed by atoms with Gasteiger partial charge in [-0.25, -0.2) is 9.18 Å². The van der Waals surface area contributed by atoms with Crippen molar-refractivity contribution in [3.8, 4) is 11.8 Å². The van der Waals surface area contributed by atoms with Crippen LogP contribution >= 0.6 is 0 Å². The first kappa shape index (κ1) is 18.8. The minimum atomic E-state index is -4.76. The van der Waals surface area contributed by atoms with E-state index in [1.54, 1.807) is 20.8 Å². The minimum absolute atomic E-state index is 0.141. The molecule has 0 saturated heterocycles. The Labute approximate surface area is 132 Å². The highest BCUT2D eigenvalue weighted by Crippen LogP contribution is 2.32. The van der Waals surface area contributed by atoms with Gasteiger partial charge in [-0.05, 0) is 32.9 Å². The highest BCUT2D eigenvalue weighted by atomic mass is 19.4. The van der Waals surface area contributed by atoms with E-state index in [2.05, 4.69) is 17.2 Å². The van der Waals surface area contributed by atoms with Gasteiger partial charge in [-0.2, -0.15) is 13.2 Å². The molecule has 3 nitrogen and oxygen atoms in total. The van der Waals surface area contributed by atoms with Crippen molar-refractivity contribution < 1.29 is 27.1 Å². The first-order valence-corrected chi connectivity index (χ1v) is 6.82. The summed E-state index contributed by atoms with van der Waals surface area (Å²) in [7, 11) is 0. The van der Waals surface area contributed by atoms with Gasteiger partial charge in [-0.1, -0.05) is 17.9 Å². The second-order valence-corrected chi connectivity index (χ2v) is 5.65. The molecule has 0 aromatic heterocycles. The Morgan fingerprint density at radius 2 is 1.91 bits per heavy atom. The van der Waals surface area contributed by atoms with Crippen LogP contribution in [0.3, 0.4) is 0 Å². The van der Waals surface area contributed by atoms with Crippen molar-refractivity contribution in [3.05, 3.63) is 35.1 Å². The van der Waals surface area contributed by atoms with Crippen LogP contribution in [0, 0.1) is 17.7 Å². The molecule has 1 amide bonds. The van der Waals surface area contributed by atoms with Crippen molar-refractivity contribution in [2.75, 3.05) is 6.54 Å². The topological polar surface area (TPSA) is 38.3 Å². The number of rotatable bonds is 2. The Morgan fingerprint density at radius 1 is 1.26 bits per heavy atom. The summed E-state index contributed by atoms with van der Waals surface area (Å²) in [5.41, 5.74) is -2.31. The molecule has 1 rings (SSSR count). The highest BCUT2D eigenvalue weighted by Gasteiger charge is 2.34. The largest absolute Gasteiger partial charge is 0.444 e. The standard InChI is InChI=1S/C16H17F4NO2/c1-15(2,3)23-14(22)21-10-5-4-7-11-8-6-9-12(13(11)17)16(18,19)20/h6,8-9H,5,10H2,1-3H3,(H,21,22). The van der Waals surface area contributed by atoms with Crippen LogP contribution in [0.25, 0.3) is 0 Å². The third-order valence-corrected chi connectivity index (χ3v) is 2.45. The number of carbonyl (C=O) groups is 1. The second kappa shape index (κ2) is 7.36. The molecule has 1 aromatic rings. The van der Waals surface area contributed by atoms with Gasteiger partial charge in [-0.15, -0.1) is 0 Å². The molecule has 0 heterocycles. The fourth-order valence-corrected chi connectivity index (χ4v) is 1.55. The maximum absolute atomic E-state index is 13.7. The molecule has 1 N–H and O–H groups in total. The zero-order valence-corrected chi connectivity index (χ0v) is 13.0. The molecule has 0 unspecified atom stereocenters. The number of alkyl halides is 3. The van der Waals surface area contributed by atoms with Crippen LogP contribution in [-0.2, 0) is 10.9 Å². The number of hydrogen-bond donors (Lipinski definition) is 1. The summed E-state index contributed by atoms with van der Waals surface area (Å²) in [6.45, 7) is 5.27. The molecular weight excluding hydrogens is 314 g/mol.